The second-order valence-corrected chi connectivity index (χ2v) is 3.86. The van der Waals surface area contributed by atoms with Gasteiger partial charge in [-0.2, -0.15) is 0 Å². The first-order valence-electron chi connectivity index (χ1n) is 4.20. The molecule has 0 spiro atoms. The predicted molar refractivity (Wildman–Crippen MR) is 35.5 cm³/mol. The average molecular weight is 140 g/mol. The number of hydrogen-bond acceptors (Lipinski definition) is 2. The van der Waals surface area contributed by atoms with E-state index in [1.54, 1.807) is 0 Å². The molecule has 10 heavy (non-hydrogen) atoms. The summed E-state index contributed by atoms with van der Waals surface area (Å²) >= 11 is 0. The van der Waals surface area contributed by atoms with E-state index in [-0.39, 0.29) is 6.10 Å². The lowest BCUT2D eigenvalue weighted by Gasteiger charge is -2.13. The van der Waals surface area contributed by atoms with Gasteiger partial charge in [-0.15, -0.1) is 0 Å². The van der Waals surface area contributed by atoms with Gasteiger partial charge in [0.05, 0.1) is 18.3 Å². The quantitative estimate of drug-likeness (QED) is 0.498. The van der Waals surface area contributed by atoms with Crippen LogP contribution in [0, 0.1) is 11.8 Å². The second kappa shape index (κ2) is 1.56. The molecule has 0 aromatic rings. The van der Waals surface area contributed by atoms with Crippen molar-refractivity contribution in [3.8, 4) is 0 Å². The molecule has 0 aromatic heterocycles. The summed E-state index contributed by atoms with van der Waals surface area (Å²) in [5, 5.41) is 9.52. The number of epoxide rings is 1. The summed E-state index contributed by atoms with van der Waals surface area (Å²) in [4.78, 5) is 0. The van der Waals surface area contributed by atoms with Crippen molar-refractivity contribution in [2.24, 2.45) is 11.8 Å². The summed E-state index contributed by atoms with van der Waals surface area (Å²) in [5.74, 6) is 1.32. The van der Waals surface area contributed by atoms with E-state index in [0.717, 1.165) is 12.3 Å². The van der Waals surface area contributed by atoms with Crippen LogP contribution in [0.5, 0.6) is 0 Å². The Morgan fingerprint density at radius 2 is 2.20 bits per heavy atom. The van der Waals surface area contributed by atoms with Gasteiger partial charge in [0.2, 0.25) is 0 Å². The molecule has 56 valence electrons. The summed E-state index contributed by atoms with van der Waals surface area (Å²) in [6.07, 6.45) is 4.45. The lowest BCUT2D eigenvalue weighted by Crippen LogP contribution is -2.20. The third-order valence-electron chi connectivity index (χ3n) is 3.36. The minimum absolute atomic E-state index is 0.0394. The van der Waals surface area contributed by atoms with Gasteiger partial charge in [-0.05, 0) is 25.2 Å². The van der Waals surface area contributed by atoms with Crippen LogP contribution in [0.1, 0.15) is 19.3 Å². The molecule has 5 atom stereocenters. The summed E-state index contributed by atoms with van der Waals surface area (Å²) in [6.45, 7) is 0. The fourth-order valence-corrected chi connectivity index (χ4v) is 2.83. The second-order valence-electron chi connectivity index (χ2n) is 3.86. The van der Waals surface area contributed by atoms with Gasteiger partial charge in [0.1, 0.15) is 0 Å². The standard InChI is InChI=1S/C8H12O2/c9-5-2-1-4-3-6-8(10-6)7(4)5/h4-9H,1-3H2/t4-,5-,6+,7+,8+/m1/s1. The first-order valence-corrected chi connectivity index (χ1v) is 4.20. The Bertz CT molecular complexity index is 167. The summed E-state index contributed by atoms with van der Waals surface area (Å²) < 4.78 is 5.38. The lowest BCUT2D eigenvalue weighted by atomic mass is 9.98. The van der Waals surface area contributed by atoms with Crippen LogP contribution in [-0.4, -0.2) is 23.4 Å². The van der Waals surface area contributed by atoms with E-state index in [0.29, 0.717) is 18.1 Å². The molecule has 2 aliphatic carbocycles. The molecule has 1 aliphatic heterocycles. The molecule has 3 rings (SSSR count). The van der Waals surface area contributed by atoms with Crippen LogP contribution < -0.4 is 0 Å². The molecule has 0 amide bonds. The maximum atomic E-state index is 9.52. The summed E-state index contributed by atoms with van der Waals surface area (Å²) in [5.41, 5.74) is 0. The zero-order chi connectivity index (χ0) is 6.72. The Kier molecular flexibility index (Phi) is 0.868. The zero-order valence-electron chi connectivity index (χ0n) is 5.86. The van der Waals surface area contributed by atoms with Crippen LogP contribution in [0.15, 0.2) is 0 Å². The molecular weight excluding hydrogens is 128 g/mol. The minimum Gasteiger partial charge on any atom is -0.393 e. The fraction of sp³-hybridized carbons (Fsp3) is 1.00. The number of hydrogen-bond donors (Lipinski definition) is 1. The normalized spacial score (nSPS) is 63.9. The SMILES string of the molecule is O[C@@H]1CC[C@@H]2C[C@@H]3O[C@@H]3[C@@H]21. The maximum Gasteiger partial charge on any atom is 0.0897 e. The summed E-state index contributed by atoms with van der Waals surface area (Å²) in [7, 11) is 0. The van der Waals surface area contributed by atoms with Gasteiger partial charge >= 0.3 is 0 Å². The van der Waals surface area contributed by atoms with E-state index in [9.17, 15) is 5.11 Å². The molecule has 1 saturated heterocycles. The van der Waals surface area contributed by atoms with Gasteiger partial charge in [0.15, 0.2) is 0 Å². The van der Waals surface area contributed by atoms with Crippen LogP contribution in [0.2, 0.25) is 0 Å². The van der Waals surface area contributed by atoms with E-state index in [2.05, 4.69) is 0 Å². The highest BCUT2D eigenvalue weighted by atomic mass is 16.6. The topological polar surface area (TPSA) is 32.8 Å². The molecule has 2 saturated carbocycles. The van der Waals surface area contributed by atoms with Crippen LogP contribution in [0.25, 0.3) is 0 Å². The number of rotatable bonds is 0. The Morgan fingerprint density at radius 1 is 1.30 bits per heavy atom. The largest absolute Gasteiger partial charge is 0.393 e. The number of aliphatic hydroxyl groups is 1. The van der Waals surface area contributed by atoms with E-state index in [1.165, 1.54) is 12.8 Å². The first-order chi connectivity index (χ1) is 4.86. The van der Waals surface area contributed by atoms with Crippen molar-refractivity contribution < 1.29 is 9.84 Å². The van der Waals surface area contributed by atoms with E-state index < -0.39 is 0 Å². The van der Waals surface area contributed by atoms with Gasteiger partial charge in [-0.1, -0.05) is 0 Å². The van der Waals surface area contributed by atoms with Gasteiger partial charge in [0.25, 0.3) is 0 Å². The van der Waals surface area contributed by atoms with Crippen molar-refractivity contribution in [2.45, 2.75) is 37.6 Å². The molecule has 2 heteroatoms. The van der Waals surface area contributed by atoms with Crippen molar-refractivity contribution in [1.82, 2.24) is 0 Å². The molecule has 0 aromatic carbocycles. The van der Waals surface area contributed by atoms with E-state index in [1.807, 2.05) is 0 Å². The van der Waals surface area contributed by atoms with Crippen LogP contribution in [0.3, 0.4) is 0 Å². The van der Waals surface area contributed by atoms with Crippen LogP contribution in [-0.2, 0) is 4.74 Å². The van der Waals surface area contributed by atoms with Crippen LogP contribution in [0.4, 0.5) is 0 Å². The predicted octanol–water partition coefficient (Wildman–Crippen LogP) is 0.545. The van der Waals surface area contributed by atoms with Gasteiger partial charge < -0.3 is 9.84 Å². The molecule has 3 fully saturated rings. The Hall–Kier alpha value is -0.0800. The van der Waals surface area contributed by atoms with Crippen molar-refractivity contribution in [2.75, 3.05) is 0 Å². The third-order valence-corrected chi connectivity index (χ3v) is 3.36. The molecule has 3 aliphatic rings. The minimum atomic E-state index is -0.0394. The van der Waals surface area contributed by atoms with Crippen molar-refractivity contribution >= 4 is 0 Å². The van der Waals surface area contributed by atoms with E-state index in [4.69, 9.17) is 4.74 Å². The Balaban J connectivity index is 1.88. The smallest absolute Gasteiger partial charge is 0.0897 e. The summed E-state index contributed by atoms with van der Waals surface area (Å²) in [6, 6.07) is 0. The van der Waals surface area contributed by atoms with Gasteiger partial charge in [0, 0.05) is 5.92 Å². The molecule has 0 radical (unpaired) electrons. The molecule has 2 nitrogen and oxygen atoms in total. The Labute approximate surface area is 60.2 Å². The van der Waals surface area contributed by atoms with Gasteiger partial charge in [-0.3, -0.25) is 0 Å². The molecule has 1 heterocycles. The van der Waals surface area contributed by atoms with Crippen molar-refractivity contribution in [1.29, 1.82) is 0 Å². The average Bonchev–Trinajstić information content (AvgIpc) is 2.40. The number of ether oxygens (including phenoxy) is 1. The first kappa shape index (κ1) is 5.56. The highest BCUT2D eigenvalue weighted by molar-refractivity contribution is 5.07. The fourth-order valence-electron chi connectivity index (χ4n) is 2.83. The van der Waals surface area contributed by atoms with Crippen molar-refractivity contribution in [3.63, 3.8) is 0 Å². The highest BCUT2D eigenvalue weighted by Gasteiger charge is 2.59. The molecular formula is C8H12O2. The molecule has 0 bridgehead atoms. The maximum absolute atomic E-state index is 9.52. The molecule has 1 N–H and O–H groups in total. The Morgan fingerprint density at radius 3 is 3.00 bits per heavy atom. The van der Waals surface area contributed by atoms with Crippen LogP contribution >= 0.6 is 0 Å². The lowest BCUT2D eigenvalue weighted by molar-refractivity contribution is 0.0924. The molecule has 0 unspecified atom stereocenters. The zero-order valence-corrected chi connectivity index (χ0v) is 5.86. The highest BCUT2D eigenvalue weighted by Crippen LogP contribution is 2.53. The third kappa shape index (κ3) is 0.523. The van der Waals surface area contributed by atoms with E-state index >= 15 is 0 Å². The van der Waals surface area contributed by atoms with Crippen molar-refractivity contribution in [3.05, 3.63) is 0 Å². The van der Waals surface area contributed by atoms with Gasteiger partial charge in [-0.25, -0.2) is 0 Å². The number of fused-ring (bicyclic) bond motifs is 3. The monoisotopic (exact) mass is 140 g/mol. The number of aliphatic hydroxyl groups excluding tert-OH is 1.